The Bertz CT molecular complexity index is 367. The topological polar surface area (TPSA) is 126 Å². The van der Waals surface area contributed by atoms with Gasteiger partial charge in [0.2, 0.25) is 5.91 Å². The Morgan fingerprint density at radius 3 is 2.65 bits per heavy atom. The highest BCUT2D eigenvalue weighted by molar-refractivity contribution is 5.89. The largest absolute Gasteiger partial charge is 0.479 e. The Labute approximate surface area is 116 Å². The molecule has 1 aliphatic rings. The van der Waals surface area contributed by atoms with Gasteiger partial charge in [-0.2, -0.15) is 0 Å². The Balaban J connectivity index is 2.32. The molecule has 1 atom stereocenters. The summed E-state index contributed by atoms with van der Waals surface area (Å²) in [7, 11) is 1.51. The van der Waals surface area contributed by atoms with Gasteiger partial charge in [-0.3, -0.25) is 4.79 Å². The zero-order valence-electron chi connectivity index (χ0n) is 11.2. The average molecular weight is 289 g/mol. The van der Waals surface area contributed by atoms with E-state index in [1.807, 2.05) is 0 Å². The molecule has 0 aliphatic carbocycles. The van der Waals surface area contributed by atoms with Crippen LogP contribution in [0.25, 0.3) is 0 Å². The number of methoxy groups -OCH3 is 1. The Kier molecular flexibility index (Phi) is 6.19. The van der Waals surface area contributed by atoms with E-state index in [0.717, 1.165) is 0 Å². The van der Waals surface area contributed by atoms with Crippen LogP contribution in [0.5, 0.6) is 0 Å². The summed E-state index contributed by atoms with van der Waals surface area (Å²) in [5, 5.41) is 16.3. The number of amides is 3. The second-order valence-corrected chi connectivity index (χ2v) is 4.34. The summed E-state index contributed by atoms with van der Waals surface area (Å²) < 4.78 is 9.75. The van der Waals surface area contributed by atoms with Crippen LogP contribution in [0, 0.1) is 0 Å². The molecule has 1 heterocycles. The Morgan fingerprint density at radius 2 is 2.10 bits per heavy atom. The summed E-state index contributed by atoms with van der Waals surface area (Å²) >= 11 is 0. The zero-order valence-corrected chi connectivity index (χ0v) is 11.2. The van der Waals surface area contributed by atoms with E-state index in [1.54, 1.807) is 0 Å². The quantitative estimate of drug-likeness (QED) is 0.414. The normalized spacial score (nSPS) is 21.2. The van der Waals surface area contributed by atoms with E-state index >= 15 is 0 Å². The number of nitrogens with one attached hydrogen (secondary N) is 3. The van der Waals surface area contributed by atoms with Gasteiger partial charge in [0.1, 0.15) is 0 Å². The fraction of sp³-hybridized carbons (Fsp3) is 0.727. The molecular formula is C11H19N3O6. The van der Waals surface area contributed by atoms with E-state index in [1.165, 1.54) is 7.11 Å². The highest BCUT2D eigenvalue weighted by Crippen LogP contribution is 2.18. The van der Waals surface area contributed by atoms with Gasteiger partial charge >= 0.3 is 12.0 Å². The zero-order chi connectivity index (χ0) is 15.0. The van der Waals surface area contributed by atoms with Gasteiger partial charge < -0.3 is 30.5 Å². The van der Waals surface area contributed by atoms with Crippen LogP contribution in [0.1, 0.15) is 6.42 Å². The SMILES string of the molecule is COCCNC(=O)CNC(=O)NC1(C(=O)O)CCOC1. The second kappa shape index (κ2) is 7.65. The van der Waals surface area contributed by atoms with Crippen molar-refractivity contribution in [2.75, 3.05) is 40.0 Å². The van der Waals surface area contributed by atoms with Gasteiger partial charge in [0.05, 0.1) is 19.8 Å². The minimum Gasteiger partial charge on any atom is -0.479 e. The van der Waals surface area contributed by atoms with Crippen LogP contribution in [0.15, 0.2) is 0 Å². The van der Waals surface area contributed by atoms with Crippen molar-refractivity contribution >= 4 is 17.9 Å². The lowest BCUT2D eigenvalue weighted by Gasteiger charge is -2.23. The first kappa shape index (κ1) is 16.2. The summed E-state index contributed by atoms with van der Waals surface area (Å²) in [4.78, 5) is 34.1. The predicted octanol–water partition coefficient (Wildman–Crippen LogP) is -1.71. The third-order valence-corrected chi connectivity index (χ3v) is 2.82. The van der Waals surface area contributed by atoms with Gasteiger partial charge in [0.15, 0.2) is 5.54 Å². The molecule has 0 aromatic carbocycles. The van der Waals surface area contributed by atoms with Crippen molar-refractivity contribution in [3.63, 3.8) is 0 Å². The van der Waals surface area contributed by atoms with E-state index < -0.39 is 17.5 Å². The molecule has 20 heavy (non-hydrogen) atoms. The molecule has 1 fully saturated rings. The molecule has 1 unspecified atom stereocenters. The van der Waals surface area contributed by atoms with E-state index in [2.05, 4.69) is 16.0 Å². The van der Waals surface area contributed by atoms with Crippen molar-refractivity contribution in [3.05, 3.63) is 0 Å². The number of rotatable bonds is 7. The predicted molar refractivity (Wildman–Crippen MR) is 67.2 cm³/mol. The molecule has 1 rings (SSSR count). The van der Waals surface area contributed by atoms with Crippen molar-refractivity contribution < 1.29 is 29.0 Å². The van der Waals surface area contributed by atoms with Gasteiger partial charge in [-0.1, -0.05) is 0 Å². The van der Waals surface area contributed by atoms with E-state index in [4.69, 9.17) is 14.6 Å². The fourth-order valence-electron chi connectivity index (χ4n) is 1.66. The monoisotopic (exact) mass is 289 g/mol. The number of aliphatic carboxylic acids is 1. The first-order valence-corrected chi connectivity index (χ1v) is 6.13. The Morgan fingerprint density at radius 1 is 1.35 bits per heavy atom. The summed E-state index contributed by atoms with van der Waals surface area (Å²) in [5.74, 6) is -1.54. The first-order chi connectivity index (χ1) is 9.50. The third-order valence-electron chi connectivity index (χ3n) is 2.82. The van der Waals surface area contributed by atoms with Crippen LogP contribution in [-0.4, -0.2) is 68.6 Å². The van der Waals surface area contributed by atoms with Crippen molar-refractivity contribution in [1.82, 2.24) is 16.0 Å². The standard InChI is InChI=1S/C11H19N3O6/c1-19-5-3-12-8(15)6-13-10(18)14-11(9(16)17)2-4-20-7-11/h2-7H2,1H3,(H,12,15)(H,16,17)(H2,13,14,18). The van der Waals surface area contributed by atoms with Crippen LogP contribution >= 0.6 is 0 Å². The van der Waals surface area contributed by atoms with Gasteiger partial charge in [-0.15, -0.1) is 0 Å². The molecule has 114 valence electrons. The van der Waals surface area contributed by atoms with E-state index in [9.17, 15) is 14.4 Å². The van der Waals surface area contributed by atoms with Crippen molar-refractivity contribution in [3.8, 4) is 0 Å². The number of hydrogen-bond donors (Lipinski definition) is 4. The number of hydrogen-bond acceptors (Lipinski definition) is 5. The highest BCUT2D eigenvalue weighted by Gasteiger charge is 2.43. The molecule has 0 bridgehead atoms. The maximum Gasteiger partial charge on any atom is 0.332 e. The molecular weight excluding hydrogens is 270 g/mol. The minimum absolute atomic E-state index is 0.0875. The maximum absolute atomic E-state index is 11.6. The number of ether oxygens (including phenoxy) is 2. The molecule has 4 N–H and O–H groups in total. The average Bonchev–Trinajstić information content (AvgIpc) is 2.86. The number of urea groups is 1. The minimum atomic E-state index is -1.42. The van der Waals surface area contributed by atoms with E-state index in [-0.39, 0.29) is 32.1 Å². The molecule has 0 aromatic rings. The number of carbonyl (C=O) groups is 3. The van der Waals surface area contributed by atoms with Gasteiger partial charge in [-0.25, -0.2) is 9.59 Å². The molecule has 0 saturated carbocycles. The first-order valence-electron chi connectivity index (χ1n) is 6.13. The molecule has 1 aliphatic heterocycles. The smallest absolute Gasteiger partial charge is 0.332 e. The van der Waals surface area contributed by atoms with Crippen molar-refractivity contribution in [2.24, 2.45) is 0 Å². The molecule has 9 nitrogen and oxygen atoms in total. The lowest BCUT2D eigenvalue weighted by atomic mass is 9.99. The highest BCUT2D eigenvalue weighted by atomic mass is 16.5. The summed E-state index contributed by atoms with van der Waals surface area (Å²) in [6.07, 6.45) is 0.190. The fourth-order valence-corrected chi connectivity index (χ4v) is 1.66. The molecule has 0 aromatic heterocycles. The van der Waals surface area contributed by atoms with E-state index in [0.29, 0.717) is 13.2 Å². The third kappa shape index (κ3) is 4.67. The van der Waals surface area contributed by atoms with Crippen LogP contribution in [0.2, 0.25) is 0 Å². The van der Waals surface area contributed by atoms with Gasteiger partial charge in [-0.05, 0) is 0 Å². The lowest BCUT2D eigenvalue weighted by Crippen LogP contribution is -2.58. The second-order valence-electron chi connectivity index (χ2n) is 4.34. The van der Waals surface area contributed by atoms with Crippen LogP contribution in [-0.2, 0) is 19.1 Å². The van der Waals surface area contributed by atoms with Crippen molar-refractivity contribution in [1.29, 1.82) is 0 Å². The molecule has 1 saturated heterocycles. The summed E-state index contributed by atoms with van der Waals surface area (Å²) in [6, 6.07) is -0.722. The van der Waals surface area contributed by atoms with Crippen LogP contribution in [0.4, 0.5) is 4.79 Å². The number of carboxylic acids is 1. The maximum atomic E-state index is 11.6. The molecule has 9 heteroatoms. The van der Waals surface area contributed by atoms with Gasteiger partial charge in [0, 0.05) is 26.7 Å². The molecule has 3 amide bonds. The number of carbonyl (C=O) groups excluding carboxylic acids is 2. The van der Waals surface area contributed by atoms with Crippen molar-refractivity contribution in [2.45, 2.75) is 12.0 Å². The molecule has 0 radical (unpaired) electrons. The molecule has 0 spiro atoms. The Hall–Kier alpha value is -1.87. The van der Waals surface area contributed by atoms with Gasteiger partial charge in [0.25, 0.3) is 0 Å². The number of carboxylic acid groups (broad SMARTS) is 1. The van der Waals surface area contributed by atoms with Crippen LogP contribution < -0.4 is 16.0 Å². The summed E-state index contributed by atoms with van der Waals surface area (Å²) in [5.41, 5.74) is -1.42. The summed E-state index contributed by atoms with van der Waals surface area (Å²) in [6.45, 7) is 0.648. The van der Waals surface area contributed by atoms with Crippen LogP contribution in [0.3, 0.4) is 0 Å². The lowest BCUT2D eigenvalue weighted by molar-refractivity contribution is -0.144.